The Morgan fingerprint density at radius 3 is 2.52 bits per heavy atom. The van der Waals surface area contributed by atoms with Gasteiger partial charge in [0.05, 0.1) is 18.6 Å². The molecule has 5 rings (SSSR count). The summed E-state index contributed by atoms with van der Waals surface area (Å²) in [5, 5.41) is 9.58. The van der Waals surface area contributed by atoms with Gasteiger partial charge < -0.3 is 14.2 Å². The molecule has 33 heavy (non-hydrogen) atoms. The number of anilines is 2. The van der Waals surface area contributed by atoms with Crippen LogP contribution in [0.1, 0.15) is 48.2 Å². The van der Waals surface area contributed by atoms with Crippen LogP contribution in [-0.2, 0) is 11.3 Å². The largest absolute Gasteiger partial charge is 0.467 e. The number of furan rings is 1. The maximum atomic E-state index is 12.9. The lowest BCUT2D eigenvalue weighted by Crippen LogP contribution is -2.32. The monoisotopic (exact) mass is 465 g/mol. The van der Waals surface area contributed by atoms with E-state index in [2.05, 4.69) is 15.1 Å². The number of piperidine rings is 1. The maximum Gasteiger partial charge on any atom is 0.228 e. The summed E-state index contributed by atoms with van der Waals surface area (Å²) in [5.74, 6) is 2.09. The van der Waals surface area contributed by atoms with E-state index >= 15 is 0 Å². The molecule has 0 unspecified atom stereocenters. The van der Waals surface area contributed by atoms with Gasteiger partial charge in [0.1, 0.15) is 5.76 Å². The predicted molar refractivity (Wildman–Crippen MR) is 127 cm³/mol. The highest BCUT2D eigenvalue weighted by molar-refractivity contribution is 7.99. The molecule has 2 aliphatic heterocycles. The van der Waals surface area contributed by atoms with Crippen molar-refractivity contribution in [1.82, 2.24) is 14.8 Å². The molecule has 0 radical (unpaired) electrons. The van der Waals surface area contributed by atoms with Crippen LogP contribution in [0.4, 0.5) is 11.6 Å². The Morgan fingerprint density at radius 1 is 1.00 bits per heavy atom. The number of thioether (sulfide) groups is 1. The zero-order chi connectivity index (χ0) is 22.6. The number of carbonyl (C=O) groups excluding carboxylic acids is 2. The van der Waals surface area contributed by atoms with E-state index in [4.69, 9.17) is 4.42 Å². The lowest BCUT2D eigenvalue weighted by atomic mass is 10.1. The van der Waals surface area contributed by atoms with Gasteiger partial charge in [0.15, 0.2) is 10.9 Å². The second kappa shape index (κ2) is 9.82. The van der Waals surface area contributed by atoms with Crippen LogP contribution in [0.5, 0.6) is 0 Å². The van der Waals surface area contributed by atoms with Crippen molar-refractivity contribution < 1.29 is 14.0 Å². The summed E-state index contributed by atoms with van der Waals surface area (Å²) in [7, 11) is 0. The number of benzene rings is 1. The Labute approximate surface area is 197 Å². The minimum absolute atomic E-state index is 0.0198. The van der Waals surface area contributed by atoms with E-state index in [9.17, 15) is 9.59 Å². The Bertz CT molecular complexity index is 1100. The van der Waals surface area contributed by atoms with Crippen molar-refractivity contribution >= 4 is 35.1 Å². The van der Waals surface area contributed by atoms with E-state index in [1.165, 1.54) is 18.2 Å². The Hall–Kier alpha value is -3.07. The molecule has 2 aliphatic rings. The van der Waals surface area contributed by atoms with Gasteiger partial charge in [0.25, 0.3) is 0 Å². The average molecular weight is 466 g/mol. The molecule has 0 N–H and O–H groups in total. The van der Waals surface area contributed by atoms with E-state index < -0.39 is 0 Å². The van der Waals surface area contributed by atoms with Crippen molar-refractivity contribution in [2.24, 2.45) is 0 Å². The summed E-state index contributed by atoms with van der Waals surface area (Å²) in [5.41, 5.74) is 1.48. The molecule has 2 saturated heterocycles. The predicted octanol–water partition coefficient (Wildman–Crippen LogP) is 4.01. The SMILES string of the molecule is O=C(CSc1nnc(N2CCCCC2)n1Cc1ccco1)c1ccc(N2CCCC2=O)cc1. The smallest absolute Gasteiger partial charge is 0.228 e. The van der Waals surface area contributed by atoms with Gasteiger partial charge in [0.2, 0.25) is 11.9 Å². The van der Waals surface area contributed by atoms with Gasteiger partial charge in [-0.3, -0.25) is 14.2 Å². The van der Waals surface area contributed by atoms with Gasteiger partial charge in [-0.15, -0.1) is 10.2 Å². The summed E-state index contributed by atoms with van der Waals surface area (Å²) in [6, 6.07) is 11.1. The molecule has 0 atom stereocenters. The molecule has 3 aromatic rings. The first-order chi connectivity index (χ1) is 16.2. The van der Waals surface area contributed by atoms with Crippen molar-refractivity contribution in [3.05, 3.63) is 54.0 Å². The first-order valence-electron chi connectivity index (χ1n) is 11.5. The number of hydrogen-bond donors (Lipinski definition) is 0. The van der Waals surface area contributed by atoms with Crippen molar-refractivity contribution in [3.63, 3.8) is 0 Å². The van der Waals surface area contributed by atoms with Crippen LogP contribution in [0.15, 0.2) is 52.2 Å². The molecule has 1 aromatic carbocycles. The zero-order valence-corrected chi connectivity index (χ0v) is 19.3. The van der Waals surface area contributed by atoms with Crippen molar-refractivity contribution in [3.8, 4) is 0 Å². The highest BCUT2D eigenvalue weighted by Crippen LogP contribution is 2.27. The molecule has 2 aromatic heterocycles. The number of rotatable bonds is 8. The molecular weight excluding hydrogens is 438 g/mol. The number of nitrogens with zero attached hydrogens (tertiary/aromatic N) is 5. The second-order valence-corrected chi connectivity index (χ2v) is 9.35. The summed E-state index contributed by atoms with van der Waals surface area (Å²) in [4.78, 5) is 28.9. The highest BCUT2D eigenvalue weighted by Gasteiger charge is 2.23. The molecule has 0 aliphatic carbocycles. The summed E-state index contributed by atoms with van der Waals surface area (Å²) in [6.07, 6.45) is 6.67. The van der Waals surface area contributed by atoms with Crippen LogP contribution < -0.4 is 9.80 Å². The molecule has 0 bridgehead atoms. The van der Waals surface area contributed by atoms with Gasteiger partial charge in [-0.2, -0.15) is 0 Å². The highest BCUT2D eigenvalue weighted by atomic mass is 32.2. The fourth-order valence-corrected chi connectivity index (χ4v) is 5.20. The Morgan fingerprint density at radius 2 is 1.82 bits per heavy atom. The molecule has 8 nitrogen and oxygen atoms in total. The molecule has 0 spiro atoms. The van der Waals surface area contributed by atoms with Gasteiger partial charge in [-0.25, -0.2) is 0 Å². The van der Waals surface area contributed by atoms with Gasteiger partial charge in [-0.05, 0) is 62.1 Å². The number of carbonyl (C=O) groups is 2. The van der Waals surface area contributed by atoms with Gasteiger partial charge in [0, 0.05) is 37.3 Å². The lowest BCUT2D eigenvalue weighted by Gasteiger charge is -2.27. The number of ketones is 1. The minimum Gasteiger partial charge on any atom is -0.467 e. The van der Waals surface area contributed by atoms with Crippen LogP contribution >= 0.6 is 11.8 Å². The van der Waals surface area contributed by atoms with Crippen LogP contribution in [0.25, 0.3) is 0 Å². The molecule has 9 heteroatoms. The van der Waals surface area contributed by atoms with Crippen molar-refractivity contribution in [2.45, 2.75) is 43.8 Å². The fraction of sp³-hybridized carbons (Fsp3) is 0.417. The summed E-state index contributed by atoms with van der Waals surface area (Å²) < 4.78 is 7.61. The van der Waals surface area contributed by atoms with Crippen molar-refractivity contribution in [2.75, 3.05) is 35.2 Å². The van der Waals surface area contributed by atoms with Crippen molar-refractivity contribution in [1.29, 1.82) is 0 Å². The number of Topliss-reactive ketones (excluding diaryl/α,β-unsaturated/α-hetero) is 1. The second-order valence-electron chi connectivity index (χ2n) is 8.40. The minimum atomic E-state index is 0.0198. The Balaban J connectivity index is 1.29. The molecule has 1 amide bonds. The summed E-state index contributed by atoms with van der Waals surface area (Å²) in [6.45, 7) is 3.20. The van der Waals surface area contributed by atoms with Crippen LogP contribution in [0.2, 0.25) is 0 Å². The molecule has 0 saturated carbocycles. The van der Waals surface area contributed by atoms with Gasteiger partial charge in [-0.1, -0.05) is 11.8 Å². The lowest BCUT2D eigenvalue weighted by molar-refractivity contribution is -0.117. The maximum absolute atomic E-state index is 12.9. The quantitative estimate of drug-likeness (QED) is 0.367. The summed E-state index contributed by atoms with van der Waals surface area (Å²) >= 11 is 1.39. The third-order valence-corrected chi connectivity index (χ3v) is 7.10. The first kappa shape index (κ1) is 21.8. The zero-order valence-electron chi connectivity index (χ0n) is 18.5. The van der Waals surface area contributed by atoms with Gasteiger partial charge >= 0.3 is 0 Å². The van der Waals surface area contributed by atoms with E-state index in [-0.39, 0.29) is 17.4 Å². The van der Waals surface area contributed by atoms with E-state index in [1.807, 2.05) is 28.8 Å². The third kappa shape index (κ3) is 4.83. The first-order valence-corrected chi connectivity index (χ1v) is 12.4. The number of amides is 1. The average Bonchev–Trinajstić information content (AvgIpc) is 3.60. The topological polar surface area (TPSA) is 84.5 Å². The van der Waals surface area contributed by atoms with E-state index in [0.717, 1.165) is 56.3 Å². The number of hydrogen-bond acceptors (Lipinski definition) is 7. The molecule has 4 heterocycles. The van der Waals surface area contributed by atoms with Crippen LogP contribution in [-0.4, -0.2) is 51.8 Å². The van der Waals surface area contributed by atoms with Crippen LogP contribution in [0.3, 0.4) is 0 Å². The molecular formula is C24H27N5O3S. The molecule has 2 fully saturated rings. The standard InChI is InChI=1S/C24H27N5O3S/c30-21(18-8-10-19(11-9-18)28-14-4-7-22(28)31)17-33-24-26-25-23(27-12-2-1-3-13-27)29(24)16-20-6-5-15-32-20/h5-6,8-11,15H,1-4,7,12-14,16-17H2. The van der Waals surface area contributed by atoms with E-state index in [1.54, 1.807) is 23.3 Å². The van der Waals surface area contributed by atoms with E-state index in [0.29, 0.717) is 23.7 Å². The fourth-order valence-electron chi connectivity index (χ4n) is 4.37. The third-order valence-electron chi connectivity index (χ3n) is 6.14. The molecule has 172 valence electrons. The van der Waals surface area contributed by atoms with Crippen LogP contribution in [0, 0.1) is 0 Å². The Kier molecular flexibility index (Phi) is 6.48. The normalized spacial score (nSPS) is 16.5. The number of aromatic nitrogens is 3.